The van der Waals surface area contributed by atoms with Crippen molar-refractivity contribution in [3.63, 3.8) is 0 Å². The number of allylic oxidation sites excluding steroid dienone is 1. The summed E-state index contributed by atoms with van der Waals surface area (Å²) in [5, 5.41) is 8.35. The summed E-state index contributed by atoms with van der Waals surface area (Å²) in [5.74, 6) is -0.742. The van der Waals surface area contributed by atoms with Gasteiger partial charge >= 0.3 is 5.97 Å². The molecular weight excluding hydrogens is 104 g/mol. The Morgan fingerprint density at radius 3 is 2.25 bits per heavy atom. The van der Waals surface area contributed by atoms with Crippen LogP contribution in [-0.2, 0) is 4.79 Å². The minimum absolute atomic E-state index is 0.616. The summed E-state index contributed by atoms with van der Waals surface area (Å²) in [4.78, 5) is 10.1. The standard InChI is InChI=1S/C6H8O2/c1-4-2-3-5(4)6(7)8/h2-3H2,1H3,(H,7,8). The van der Waals surface area contributed by atoms with Gasteiger partial charge in [0.1, 0.15) is 0 Å². The van der Waals surface area contributed by atoms with Gasteiger partial charge < -0.3 is 5.11 Å². The van der Waals surface area contributed by atoms with Crippen LogP contribution in [0.5, 0.6) is 0 Å². The molecular formula is C6H8O2. The van der Waals surface area contributed by atoms with Gasteiger partial charge in [0.15, 0.2) is 0 Å². The average Bonchev–Trinajstić information content (AvgIpc) is 1.61. The Kier molecular flexibility index (Phi) is 1.08. The molecule has 0 fully saturated rings. The highest BCUT2D eigenvalue weighted by Gasteiger charge is 2.18. The van der Waals surface area contributed by atoms with Crippen molar-refractivity contribution < 1.29 is 9.90 Å². The van der Waals surface area contributed by atoms with Crippen LogP contribution in [0.4, 0.5) is 0 Å². The first-order valence-electron chi connectivity index (χ1n) is 2.63. The topological polar surface area (TPSA) is 37.3 Å². The van der Waals surface area contributed by atoms with Crippen LogP contribution < -0.4 is 0 Å². The van der Waals surface area contributed by atoms with Crippen molar-refractivity contribution in [2.45, 2.75) is 19.8 Å². The molecule has 0 saturated heterocycles. The third-order valence-corrected chi connectivity index (χ3v) is 1.52. The summed E-state index contributed by atoms with van der Waals surface area (Å²) < 4.78 is 0. The number of rotatable bonds is 1. The minimum atomic E-state index is -0.742. The summed E-state index contributed by atoms with van der Waals surface area (Å²) in [6.07, 6.45) is 1.74. The zero-order valence-electron chi connectivity index (χ0n) is 4.77. The van der Waals surface area contributed by atoms with E-state index in [9.17, 15) is 4.79 Å². The van der Waals surface area contributed by atoms with E-state index in [-0.39, 0.29) is 0 Å². The number of hydrogen-bond acceptors (Lipinski definition) is 1. The SMILES string of the molecule is CC1=C(C(=O)O)CC1. The van der Waals surface area contributed by atoms with Crippen LogP contribution >= 0.6 is 0 Å². The predicted octanol–water partition coefficient (Wildman–Crippen LogP) is 1.18. The van der Waals surface area contributed by atoms with Crippen molar-refractivity contribution in [2.24, 2.45) is 0 Å². The van der Waals surface area contributed by atoms with Gasteiger partial charge in [-0.1, -0.05) is 5.57 Å². The van der Waals surface area contributed by atoms with E-state index in [0.29, 0.717) is 5.57 Å². The molecule has 0 amide bonds. The highest BCUT2D eigenvalue weighted by molar-refractivity contribution is 5.89. The fourth-order valence-corrected chi connectivity index (χ4v) is 0.789. The van der Waals surface area contributed by atoms with Crippen LogP contribution in [0.1, 0.15) is 19.8 Å². The fraction of sp³-hybridized carbons (Fsp3) is 0.500. The quantitative estimate of drug-likeness (QED) is 0.553. The maximum absolute atomic E-state index is 10.1. The van der Waals surface area contributed by atoms with Crippen molar-refractivity contribution in [1.29, 1.82) is 0 Å². The highest BCUT2D eigenvalue weighted by atomic mass is 16.4. The monoisotopic (exact) mass is 112 g/mol. The normalized spacial score (nSPS) is 18.1. The van der Waals surface area contributed by atoms with Gasteiger partial charge in [0, 0.05) is 5.57 Å². The molecule has 1 rings (SSSR count). The molecule has 0 aromatic rings. The molecule has 0 unspecified atom stereocenters. The summed E-state index contributed by atoms with van der Waals surface area (Å²) in [6.45, 7) is 1.87. The van der Waals surface area contributed by atoms with Gasteiger partial charge in [-0.25, -0.2) is 4.79 Å². The maximum atomic E-state index is 10.1. The third kappa shape index (κ3) is 0.619. The Labute approximate surface area is 47.8 Å². The summed E-state index contributed by atoms with van der Waals surface area (Å²) in [7, 11) is 0. The van der Waals surface area contributed by atoms with Gasteiger partial charge in [-0.05, 0) is 19.8 Å². The van der Waals surface area contributed by atoms with Gasteiger partial charge in [-0.15, -0.1) is 0 Å². The van der Waals surface area contributed by atoms with Crippen molar-refractivity contribution in [3.05, 3.63) is 11.1 Å². The molecule has 44 valence electrons. The van der Waals surface area contributed by atoms with Gasteiger partial charge in [-0.3, -0.25) is 0 Å². The lowest BCUT2D eigenvalue weighted by atomic mass is 9.90. The van der Waals surface area contributed by atoms with Crippen LogP contribution in [0, 0.1) is 0 Å². The number of aliphatic carboxylic acids is 1. The van der Waals surface area contributed by atoms with E-state index in [1.165, 1.54) is 0 Å². The summed E-state index contributed by atoms with van der Waals surface area (Å²) in [5.41, 5.74) is 1.66. The molecule has 0 aromatic carbocycles. The van der Waals surface area contributed by atoms with Crippen LogP contribution in [-0.4, -0.2) is 11.1 Å². The molecule has 8 heavy (non-hydrogen) atoms. The predicted molar refractivity (Wildman–Crippen MR) is 29.6 cm³/mol. The van der Waals surface area contributed by atoms with Crippen molar-refractivity contribution >= 4 is 5.97 Å². The van der Waals surface area contributed by atoms with Gasteiger partial charge in [0.2, 0.25) is 0 Å². The molecule has 0 aliphatic heterocycles. The third-order valence-electron chi connectivity index (χ3n) is 1.52. The molecule has 0 radical (unpaired) electrons. The second kappa shape index (κ2) is 1.62. The highest BCUT2D eigenvalue weighted by Crippen LogP contribution is 2.26. The van der Waals surface area contributed by atoms with Crippen LogP contribution in [0.3, 0.4) is 0 Å². The first-order chi connectivity index (χ1) is 3.72. The van der Waals surface area contributed by atoms with Crippen LogP contribution in [0.2, 0.25) is 0 Å². The molecule has 0 aromatic heterocycles. The molecule has 0 spiro atoms. The summed E-state index contributed by atoms with van der Waals surface area (Å²) >= 11 is 0. The number of carbonyl (C=O) groups is 1. The molecule has 2 nitrogen and oxygen atoms in total. The van der Waals surface area contributed by atoms with E-state index >= 15 is 0 Å². The number of carboxylic acids is 1. The van der Waals surface area contributed by atoms with E-state index < -0.39 is 5.97 Å². The van der Waals surface area contributed by atoms with E-state index in [0.717, 1.165) is 18.4 Å². The largest absolute Gasteiger partial charge is 0.478 e. The first-order valence-corrected chi connectivity index (χ1v) is 2.63. The first kappa shape index (κ1) is 5.35. The number of carboxylic acid groups (broad SMARTS) is 1. The molecule has 2 heteroatoms. The molecule has 1 N–H and O–H groups in total. The lowest BCUT2D eigenvalue weighted by Gasteiger charge is -2.15. The lowest BCUT2D eigenvalue weighted by molar-refractivity contribution is -0.133. The van der Waals surface area contributed by atoms with Gasteiger partial charge in [0.05, 0.1) is 0 Å². The molecule has 0 atom stereocenters. The Hall–Kier alpha value is -0.790. The Bertz CT molecular complexity index is 156. The Morgan fingerprint density at radius 2 is 2.25 bits per heavy atom. The molecule has 1 aliphatic rings. The van der Waals surface area contributed by atoms with Crippen molar-refractivity contribution in [2.75, 3.05) is 0 Å². The molecule has 0 bridgehead atoms. The average molecular weight is 112 g/mol. The van der Waals surface area contributed by atoms with Crippen molar-refractivity contribution in [1.82, 2.24) is 0 Å². The lowest BCUT2D eigenvalue weighted by Crippen LogP contribution is -2.10. The summed E-state index contributed by atoms with van der Waals surface area (Å²) in [6, 6.07) is 0. The second-order valence-electron chi connectivity index (χ2n) is 2.06. The van der Waals surface area contributed by atoms with E-state index in [2.05, 4.69) is 0 Å². The van der Waals surface area contributed by atoms with E-state index in [1.54, 1.807) is 0 Å². The van der Waals surface area contributed by atoms with Gasteiger partial charge in [0.25, 0.3) is 0 Å². The van der Waals surface area contributed by atoms with Crippen LogP contribution in [0.25, 0.3) is 0 Å². The van der Waals surface area contributed by atoms with Gasteiger partial charge in [-0.2, -0.15) is 0 Å². The molecule has 0 saturated carbocycles. The Morgan fingerprint density at radius 1 is 1.62 bits per heavy atom. The van der Waals surface area contributed by atoms with E-state index in [4.69, 9.17) is 5.11 Å². The fourth-order valence-electron chi connectivity index (χ4n) is 0.789. The van der Waals surface area contributed by atoms with Crippen molar-refractivity contribution in [3.8, 4) is 0 Å². The van der Waals surface area contributed by atoms with E-state index in [1.807, 2.05) is 6.92 Å². The zero-order valence-corrected chi connectivity index (χ0v) is 4.77. The zero-order chi connectivity index (χ0) is 6.15. The Balaban J connectivity index is 2.74. The van der Waals surface area contributed by atoms with Crippen LogP contribution in [0.15, 0.2) is 11.1 Å². The maximum Gasteiger partial charge on any atom is 0.331 e. The smallest absolute Gasteiger partial charge is 0.331 e. The second-order valence-corrected chi connectivity index (χ2v) is 2.06. The number of hydrogen-bond donors (Lipinski definition) is 1. The molecule has 1 aliphatic carbocycles. The minimum Gasteiger partial charge on any atom is -0.478 e. The molecule has 0 heterocycles.